The fourth-order valence-corrected chi connectivity index (χ4v) is 3.54. The zero-order chi connectivity index (χ0) is 20.9. The van der Waals surface area contributed by atoms with Crippen LogP contribution in [0.15, 0.2) is 30.7 Å². The minimum Gasteiger partial charge on any atom is -0.495 e. The first-order chi connectivity index (χ1) is 14.7. The van der Waals surface area contributed by atoms with Crippen LogP contribution in [0.25, 0.3) is 22.3 Å². The van der Waals surface area contributed by atoms with Crippen LogP contribution < -0.4 is 9.64 Å². The van der Waals surface area contributed by atoms with E-state index in [1.807, 2.05) is 25.3 Å². The number of pyridine rings is 1. The molecule has 1 N–H and O–H groups in total. The summed E-state index contributed by atoms with van der Waals surface area (Å²) in [5.41, 5.74) is 2.53. The molecule has 9 heteroatoms. The fraction of sp³-hybridized carbons (Fsp3) is 0.429. The average molecular weight is 410 g/mol. The second-order valence-electron chi connectivity index (χ2n) is 7.16. The number of fused-ring (bicyclic) bond motifs is 1. The van der Waals surface area contributed by atoms with Gasteiger partial charge in [0, 0.05) is 49.5 Å². The van der Waals surface area contributed by atoms with E-state index in [2.05, 4.69) is 19.9 Å². The van der Waals surface area contributed by atoms with Crippen LogP contribution in [0.2, 0.25) is 0 Å². The van der Waals surface area contributed by atoms with Gasteiger partial charge in [-0.2, -0.15) is 0 Å². The Morgan fingerprint density at radius 2 is 2.13 bits per heavy atom. The number of amides is 1. The number of ether oxygens (including phenoxy) is 2. The number of carbonyl (C=O) groups is 1. The predicted molar refractivity (Wildman–Crippen MR) is 114 cm³/mol. The summed E-state index contributed by atoms with van der Waals surface area (Å²) in [5.74, 6) is 1.35. The highest BCUT2D eigenvalue weighted by atomic mass is 16.6. The Bertz CT molecular complexity index is 1020. The van der Waals surface area contributed by atoms with Gasteiger partial charge in [-0.1, -0.05) is 6.92 Å². The van der Waals surface area contributed by atoms with Crippen molar-refractivity contribution in [3.05, 3.63) is 30.7 Å². The number of rotatable bonds is 5. The van der Waals surface area contributed by atoms with Crippen LogP contribution in [0.4, 0.5) is 10.7 Å². The Morgan fingerprint density at radius 3 is 2.97 bits per heavy atom. The summed E-state index contributed by atoms with van der Waals surface area (Å²) in [4.78, 5) is 32.9. The van der Waals surface area contributed by atoms with Gasteiger partial charge in [-0.05, 0) is 25.0 Å². The molecule has 1 amide bonds. The third-order valence-electron chi connectivity index (χ3n) is 5.13. The molecule has 0 spiro atoms. The van der Waals surface area contributed by atoms with Gasteiger partial charge in [0.05, 0.1) is 25.6 Å². The molecule has 0 bridgehead atoms. The minimum atomic E-state index is -0.242. The highest BCUT2D eigenvalue weighted by Crippen LogP contribution is 2.29. The van der Waals surface area contributed by atoms with Crippen LogP contribution in [0.3, 0.4) is 0 Å². The molecule has 3 aromatic rings. The van der Waals surface area contributed by atoms with Gasteiger partial charge in [-0.15, -0.1) is 0 Å². The van der Waals surface area contributed by atoms with Gasteiger partial charge in [-0.3, -0.25) is 0 Å². The molecule has 0 aliphatic carbocycles. The van der Waals surface area contributed by atoms with Crippen molar-refractivity contribution in [3.63, 3.8) is 0 Å². The highest BCUT2D eigenvalue weighted by Gasteiger charge is 2.22. The van der Waals surface area contributed by atoms with E-state index in [-0.39, 0.29) is 6.09 Å². The Labute approximate surface area is 175 Å². The molecule has 4 rings (SSSR count). The third kappa shape index (κ3) is 4.14. The van der Waals surface area contributed by atoms with Crippen LogP contribution in [0, 0.1) is 0 Å². The third-order valence-corrected chi connectivity index (χ3v) is 5.13. The van der Waals surface area contributed by atoms with Crippen molar-refractivity contribution in [2.24, 2.45) is 0 Å². The Balaban J connectivity index is 1.53. The lowest BCUT2D eigenvalue weighted by Gasteiger charge is -2.22. The Morgan fingerprint density at radius 1 is 1.23 bits per heavy atom. The summed E-state index contributed by atoms with van der Waals surface area (Å²) < 4.78 is 10.6. The summed E-state index contributed by atoms with van der Waals surface area (Å²) in [6.07, 6.45) is 6.76. The molecule has 0 atom stereocenters. The van der Waals surface area contributed by atoms with Crippen molar-refractivity contribution in [2.75, 3.05) is 44.8 Å². The van der Waals surface area contributed by atoms with Gasteiger partial charge in [0.1, 0.15) is 11.4 Å². The van der Waals surface area contributed by atoms with E-state index in [4.69, 9.17) is 14.5 Å². The molecule has 30 heavy (non-hydrogen) atoms. The summed E-state index contributed by atoms with van der Waals surface area (Å²) in [7, 11) is 1.62. The Kier molecular flexibility index (Phi) is 5.97. The SMILES string of the molecule is CCCOC(=O)N1CCCN(c2nccc(-c3c[nH]c4ncc(OC)cc34)n2)CC1. The molecule has 1 aliphatic rings. The standard InChI is InChI=1S/C21H26N6O3/c1-3-11-30-21(28)27-8-4-7-26(9-10-27)20-22-6-5-18(25-20)17-14-24-19-16(17)12-15(29-2)13-23-19/h5-6,12-14H,3-4,7-11H2,1-2H3,(H,23,24). The molecule has 3 aromatic heterocycles. The van der Waals surface area contributed by atoms with Gasteiger partial charge in [0.2, 0.25) is 5.95 Å². The highest BCUT2D eigenvalue weighted by molar-refractivity contribution is 5.93. The number of hydrogen-bond donors (Lipinski definition) is 1. The Hall–Kier alpha value is -3.36. The fourth-order valence-electron chi connectivity index (χ4n) is 3.54. The number of carbonyl (C=O) groups excluding carboxylic acids is 1. The smallest absolute Gasteiger partial charge is 0.409 e. The maximum absolute atomic E-state index is 12.2. The predicted octanol–water partition coefficient (Wildman–Crippen LogP) is 3.09. The van der Waals surface area contributed by atoms with Crippen LogP contribution >= 0.6 is 0 Å². The van der Waals surface area contributed by atoms with E-state index >= 15 is 0 Å². The molecule has 0 saturated carbocycles. The molecule has 4 heterocycles. The largest absolute Gasteiger partial charge is 0.495 e. The van der Waals surface area contributed by atoms with E-state index in [1.54, 1.807) is 24.4 Å². The number of aromatic amines is 1. The lowest BCUT2D eigenvalue weighted by atomic mass is 10.1. The van der Waals surface area contributed by atoms with E-state index < -0.39 is 0 Å². The average Bonchev–Trinajstić information content (AvgIpc) is 3.04. The maximum atomic E-state index is 12.2. The number of nitrogens with one attached hydrogen (secondary N) is 1. The lowest BCUT2D eigenvalue weighted by Crippen LogP contribution is -2.36. The second-order valence-corrected chi connectivity index (χ2v) is 7.16. The van der Waals surface area contributed by atoms with E-state index in [0.29, 0.717) is 37.9 Å². The van der Waals surface area contributed by atoms with E-state index in [1.165, 1.54) is 0 Å². The van der Waals surface area contributed by atoms with E-state index in [9.17, 15) is 4.79 Å². The molecule has 0 aromatic carbocycles. The normalized spacial score (nSPS) is 14.6. The maximum Gasteiger partial charge on any atom is 0.409 e. The van der Waals surface area contributed by atoms with Gasteiger partial charge in [0.25, 0.3) is 0 Å². The molecule has 9 nitrogen and oxygen atoms in total. The number of hydrogen-bond acceptors (Lipinski definition) is 7. The topological polar surface area (TPSA) is 96.5 Å². The molecule has 1 saturated heterocycles. The van der Waals surface area contributed by atoms with Gasteiger partial charge < -0.3 is 24.3 Å². The van der Waals surface area contributed by atoms with E-state index in [0.717, 1.165) is 41.7 Å². The molecule has 0 radical (unpaired) electrons. The monoisotopic (exact) mass is 410 g/mol. The van der Waals surface area contributed by atoms with Gasteiger partial charge >= 0.3 is 6.09 Å². The van der Waals surface area contributed by atoms with Gasteiger partial charge in [-0.25, -0.2) is 19.7 Å². The number of aromatic nitrogens is 4. The number of nitrogens with zero attached hydrogens (tertiary/aromatic N) is 5. The second kappa shape index (κ2) is 8.98. The zero-order valence-electron chi connectivity index (χ0n) is 17.3. The summed E-state index contributed by atoms with van der Waals surface area (Å²) in [6, 6.07) is 3.83. The quantitative estimate of drug-likeness (QED) is 0.690. The molecular formula is C21H26N6O3. The summed E-state index contributed by atoms with van der Waals surface area (Å²) in [5, 5.41) is 0.944. The van der Waals surface area contributed by atoms with Crippen molar-refractivity contribution in [2.45, 2.75) is 19.8 Å². The van der Waals surface area contributed by atoms with Crippen molar-refractivity contribution in [1.29, 1.82) is 0 Å². The van der Waals surface area contributed by atoms with Crippen molar-refractivity contribution < 1.29 is 14.3 Å². The molecule has 0 unspecified atom stereocenters. The summed E-state index contributed by atoms with van der Waals surface area (Å²) in [6.45, 7) is 5.14. The van der Waals surface area contributed by atoms with Crippen LogP contribution in [-0.2, 0) is 4.74 Å². The van der Waals surface area contributed by atoms with Crippen molar-refractivity contribution in [1.82, 2.24) is 24.8 Å². The summed E-state index contributed by atoms with van der Waals surface area (Å²) >= 11 is 0. The molecule has 1 fully saturated rings. The van der Waals surface area contributed by atoms with Gasteiger partial charge in [0.15, 0.2) is 0 Å². The van der Waals surface area contributed by atoms with Crippen LogP contribution in [0.1, 0.15) is 19.8 Å². The van der Waals surface area contributed by atoms with Crippen LogP contribution in [-0.4, -0.2) is 70.8 Å². The number of anilines is 1. The van der Waals surface area contributed by atoms with Crippen molar-refractivity contribution in [3.8, 4) is 17.0 Å². The first-order valence-electron chi connectivity index (χ1n) is 10.2. The molecule has 158 valence electrons. The minimum absolute atomic E-state index is 0.242. The molecule has 1 aliphatic heterocycles. The lowest BCUT2D eigenvalue weighted by molar-refractivity contribution is 0.105. The number of H-pyrrole nitrogens is 1. The van der Waals surface area contributed by atoms with Crippen LogP contribution in [0.5, 0.6) is 5.75 Å². The number of methoxy groups -OCH3 is 1. The first-order valence-corrected chi connectivity index (χ1v) is 10.2. The van der Waals surface area contributed by atoms with Crippen molar-refractivity contribution >= 4 is 23.1 Å². The zero-order valence-corrected chi connectivity index (χ0v) is 17.3. The molecular weight excluding hydrogens is 384 g/mol. The first kappa shape index (κ1) is 19.9.